The lowest BCUT2D eigenvalue weighted by Gasteiger charge is -2.40. The quantitative estimate of drug-likeness (QED) is 0.528. The van der Waals surface area contributed by atoms with E-state index in [2.05, 4.69) is 34.5 Å². The lowest BCUT2D eigenvalue weighted by atomic mass is 9.95. The molecule has 1 atom stereocenters. The second-order valence-electron chi connectivity index (χ2n) is 9.21. The van der Waals surface area contributed by atoms with Gasteiger partial charge in [0.05, 0.1) is 19.8 Å². The third kappa shape index (κ3) is 5.47. The lowest BCUT2D eigenvalue weighted by Crippen LogP contribution is -2.62. The molecule has 1 saturated heterocycles. The Morgan fingerprint density at radius 2 is 1.94 bits per heavy atom. The van der Waals surface area contributed by atoms with Crippen molar-refractivity contribution in [2.24, 2.45) is 5.92 Å². The Labute approximate surface area is 189 Å². The molecule has 0 unspecified atom stereocenters. The van der Waals surface area contributed by atoms with Gasteiger partial charge in [-0.15, -0.1) is 0 Å². The van der Waals surface area contributed by atoms with E-state index in [0.29, 0.717) is 24.7 Å². The minimum atomic E-state index is -1.07. The van der Waals surface area contributed by atoms with E-state index in [1.165, 1.54) is 15.6 Å². The fourth-order valence-corrected chi connectivity index (χ4v) is 3.92. The molecule has 32 heavy (non-hydrogen) atoms. The van der Waals surface area contributed by atoms with Crippen molar-refractivity contribution in [3.05, 3.63) is 17.5 Å². The number of rotatable bonds is 9. The number of carbonyl (C=O) groups excluding carboxylic acids is 3. The summed E-state index contributed by atoms with van der Waals surface area (Å²) in [5, 5.41) is 10.2. The molecule has 178 valence electrons. The summed E-state index contributed by atoms with van der Waals surface area (Å²) in [5.74, 6) is -0.380. The topological polar surface area (TPSA) is 109 Å². The summed E-state index contributed by atoms with van der Waals surface area (Å²) >= 11 is 0. The van der Waals surface area contributed by atoms with Crippen molar-refractivity contribution in [3.63, 3.8) is 0 Å². The SMILES string of the molecule is CC(C)CCNC(=O)[C@]1(C)Cn2nc(C(=O)NCCCN3CCOCC3)cc2C(=O)N1C. The van der Waals surface area contributed by atoms with Crippen LogP contribution in [0.4, 0.5) is 0 Å². The highest BCUT2D eigenvalue weighted by Crippen LogP contribution is 2.26. The van der Waals surface area contributed by atoms with Gasteiger partial charge in [-0.25, -0.2) is 0 Å². The number of amides is 3. The van der Waals surface area contributed by atoms with Gasteiger partial charge in [-0.05, 0) is 32.2 Å². The molecule has 0 radical (unpaired) electrons. The molecule has 10 nitrogen and oxygen atoms in total. The summed E-state index contributed by atoms with van der Waals surface area (Å²) in [6.45, 7) is 11.4. The Balaban J connectivity index is 1.58. The van der Waals surface area contributed by atoms with Gasteiger partial charge < -0.3 is 20.3 Å². The van der Waals surface area contributed by atoms with Crippen LogP contribution in [0.5, 0.6) is 0 Å². The van der Waals surface area contributed by atoms with Crippen LogP contribution in [0.2, 0.25) is 0 Å². The van der Waals surface area contributed by atoms with Gasteiger partial charge in [-0.1, -0.05) is 13.8 Å². The van der Waals surface area contributed by atoms with Crippen LogP contribution in [0.15, 0.2) is 6.07 Å². The summed E-state index contributed by atoms with van der Waals surface area (Å²) in [6.07, 6.45) is 1.69. The fourth-order valence-electron chi connectivity index (χ4n) is 3.92. The molecule has 3 rings (SSSR count). The number of morpholine rings is 1. The van der Waals surface area contributed by atoms with Gasteiger partial charge in [0.1, 0.15) is 11.2 Å². The fraction of sp³-hybridized carbons (Fsp3) is 0.727. The van der Waals surface area contributed by atoms with E-state index in [4.69, 9.17) is 4.74 Å². The number of hydrogen-bond donors (Lipinski definition) is 2. The van der Waals surface area contributed by atoms with E-state index < -0.39 is 5.54 Å². The van der Waals surface area contributed by atoms with E-state index in [9.17, 15) is 14.4 Å². The Bertz CT molecular complexity index is 832. The van der Waals surface area contributed by atoms with Gasteiger partial charge >= 0.3 is 0 Å². The first-order valence-electron chi connectivity index (χ1n) is 11.4. The number of ether oxygens (including phenoxy) is 1. The Morgan fingerprint density at radius 1 is 1.22 bits per heavy atom. The van der Waals surface area contributed by atoms with Crippen molar-refractivity contribution in [2.75, 3.05) is 53.0 Å². The Hall–Kier alpha value is -2.46. The number of hydrogen-bond acceptors (Lipinski definition) is 6. The molecule has 3 amide bonds. The largest absolute Gasteiger partial charge is 0.379 e. The van der Waals surface area contributed by atoms with Gasteiger partial charge in [-0.2, -0.15) is 5.10 Å². The third-order valence-electron chi connectivity index (χ3n) is 6.27. The molecule has 1 aromatic rings. The number of fused-ring (bicyclic) bond motifs is 1. The van der Waals surface area contributed by atoms with Crippen molar-refractivity contribution in [1.82, 2.24) is 30.2 Å². The molecule has 10 heteroatoms. The van der Waals surface area contributed by atoms with Crippen molar-refractivity contribution in [3.8, 4) is 0 Å². The average molecular weight is 449 g/mol. The van der Waals surface area contributed by atoms with Crippen LogP contribution in [0, 0.1) is 5.92 Å². The number of nitrogens with zero attached hydrogens (tertiary/aromatic N) is 4. The molecule has 1 fully saturated rings. The van der Waals surface area contributed by atoms with Crippen molar-refractivity contribution >= 4 is 17.7 Å². The molecule has 1 aromatic heterocycles. The maximum atomic E-state index is 12.9. The standard InChI is InChI=1S/C22H36N6O4/c1-16(2)6-8-24-21(31)22(3)15-28-18(20(30)26(22)4)14-17(25-28)19(29)23-7-5-9-27-10-12-32-13-11-27/h14,16H,5-13,15H2,1-4H3,(H,23,29)(H,24,31)/t22-/m0/s1. The van der Waals surface area contributed by atoms with Gasteiger partial charge in [0.2, 0.25) is 5.91 Å². The van der Waals surface area contributed by atoms with Crippen LogP contribution in [-0.2, 0) is 16.1 Å². The minimum Gasteiger partial charge on any atom is -0.379 e. The van der Waals surface area contributed by atoms with Crippen molar-refractivity contribution < 1.29 is 19.1 Å². The molecule has 3 heterocycles. The first-order chi connectivity index (χ1) is 15.2. The van der Waals surface area contributed by atoms with Gasteiger partial charge in [0.15, 0.2) is 5.69 Å². The van der Waals surface area contributed by atoms with Crippen molar-refractivity contribution in [2.45, 2.75) is 45.7 Å². The predicted molar refractivity (Wildman–Crippen MR) is 119 cm³/mol. The van der Waals surface area contributed by atoms with Crippen molar-refractivity contribution in [1.29, 1.82) is 0 Å². The number of aromatic nitrogens is 2. The molecule has 2 N–H and O–H groups in total. The van der Waals surface area contributed by atoms with E-state index in [1.807, 2.05) is 0 Å². The third-order valence-corrected chi connectivity index (χ3v) is 6.27. The molecular weight excluding hydrogens is 412 g/mol. The average Bonchev–Trinajstić information content (AvgIpc) is 3.19. The van der Waals surface area contributed by atoms with E-state index in [0.717, 1.165) is 45.7 Å². The number of nitrogens with one attached hydrogen (secondary N) is 2. The summed E-state index contributed by atoms with van der Waals surface area (Å²) < 4.78 is 6.82. The van der Waals surface area contributed by atoms with Crippen LogP contribution in [-0.4, -0.2) is 95.8 Å². The van der Waals surface area contributed by atoms with Crippen LogP contribution in [0.3, 0.4) is 0 Å². The second kappa shape index (κ2) is 10.4. The first kappa shape index (κ1) is 24.2. The zero-order chi connectivity index (χ0) is 23.3. The molecule has 2 aliphatic rings. The molecule has 0 aliphatic carbocycles. The molecule has 0 aromatic carbocycles. The van der Waals surface area contributed by atoms with Gasteiger partial charge in [-0.3, -0.25) is 24.0 Å². The second-order valence-corrected chi connectivity index (χ2v) is 9.21. The van der Waals surface area contributed by atoms with Crippen LogP contribution < -0.4 is 10.6 Å². The summed E-state index contributed by atoms with van der Waals surface area (Å²) in [6, 6.07) is 1.51. The van der Waals surface area contributed by atoms with E-state index >= 15 is 0 Å². The highest BCUT2D eigenvalue weighted by molar-refractivity contribution is 6.01. The highest BCUT2D eigenvalue weighted by Gasteiger charge is 2.46. The van der Waals surface area contributed by atoms with E-state index in [-0.39, 0.29) is 30.0 Å². The molecule has 0 saturated carbocycles. The smallest absolute Gasteiger partial charge is 0.272 e. The Kier molecular flexibility index (Phi) is 7.89. The maximum absolute atomic E-state index is 12.9. The molecule has 0 bridgehead atoms. The lowest BCUT2D eigenvalue weighted by molar-refractivity contribution is -0.132. The normalized spacial score (nSPS) is 21.5. The molecular formula is C22H36N6O4. The first-order valence-corrected chi connectivity index (χ1v) is 11.4. The van der Waals surface area contributed by atoms with Crippen LogP contribution in [0.1, 0.15) is 54.6 Å². The van der Waals surface area contributed by atoms with Gasteiger partial charge in [0, 0.05) is 39.3 Å². The maximum Gasteiger partial charge on any atom is 0.272 e. The Morgan fingerprint density at radius 3 is 2.62 bits per heavy atom. The van der Waals surface area contributed by atoms with Gasteiger partial charge in [0.25, 0.3) is 11.8 Å². The number of carbonyl (C=O) groups is 3. The summed E-state index contributed by atoms with van der Waals surface area (Å²) in [7, 11) is 1.62. The van der Waals surface area contributed by atoms with E-state index in [1.54, 1.807) is 14.0 Å². The zero-order valence-corrected chi connectivity index (χ0v) is 19.6. The zero-order valence-electron chi connectivity index (χ0n) is 19.6. The molecule has 2 aliphatic heterocycles. The highest BCUT2D eigenvalue weighted by atomic mass is 16.5. The summed E-state index contributed by atoms with van der Waals surface area (Å²) in [5.41, 5.74) is -0.560. The summed E-state index contributed by atoms with van der Waals surface area (Å²) in [4.78, 5) is 42.1. The van der Waals surface area contributed by atoms with Crippen LogP contribution in [0.25, 0.3) is 0 Å². The minimum absolute atomic E-state index is 0.192. The monoisotopic (exact) mass is 448 g/mol. The van der Waals surface area contributed by atoms with Crippen LogP contribution >= 0.6 is 0 Å². The predicted octanol–water partition coefficient (Wildman–Crippen LogP) is 0.342. The molecule has 0 spiro atoms. The number of likely N-dealkylation sites (N-methyl/N-ethyl adjacent to an activating group) is 1.